The zero-order chi connectivity index (χ0) is 27.2. The molecule has 4 aromatic rings. The molecule has 202 valence electrons. The van der Waals surface area contributed by atoms with Gasteiger partial charge in [-0.15, -0.1) is 21.5 Å². The molecule has 1 aliphatic carbocycles. The number of halogens is 1. The standard InChI is InChI=1S/C29H31FN6O2S/c1-20-7-2-3-8-21(20)16-17-35(27(25-11-6-18-39-25)29(38)31-24-9-4-5-10-24)26(37)19-36-33-28(32-34-36)22-12-14-23(30)15-13-22/h2-3,6-8,11-15,18,24,27H,4-5,9-10,16-17,19H2,1H3,(H,31,38)/t27-/m0/s1. The number of hydrogen-bond donors (Lipinski definition) is 1. The monoisotopic (exact) mass is 546 g/mol. The minimum absolute atomic E-state index is 0.128. The topological polar surface area (TPSA) is 93.0 Å². The van der Waals surface area contributed by atoms with E-state index < -0.39 is 6.04 Å². The highest BCUT2D eigenvalue weighted by atomic mass is 32.1. The zero-order valence-corrected chi connectivity index (χ0v) is 22.6. The van der Waals surface area contributed by atoms with Gasteiger partial charge in [0.25, 0.3) is 0 Å². The second-order valence-corrected chi connectivity index (χ2v) is 10.8. The van der Waals surface area contributed by atoms with Gasteiger partial charge in [-0.2, -0.15) is 4.80 Å². The quantitative estimate of drug-likeness (QED) is 0.311. The average molecular weight is 547 g/mol. The number of thiophene rings is 1. The van der Waals surface area contributed by atoms with Crippen LogP contribution in [0.5, 0.6) is 0 Å². The number of benzene rings is 2. The minimum Gasteiger partial charge on any atom is -0.351 e. The van der Waals surface area contributed by atoms with Crippen LogP contribution in [0.2, 0.25) is 0 Å². The van der Waals surface area contributed by atoms with E-state index in [2.05, 4.69) is 20.7 Å². The van der Waals surface area contributed by atoms with E-state index in [-0.39, 0.29) is 30.2 Å². The average Bonchev–Trinajstić information content (AvgIpc) is 3.72. The Balaban J connectivity index is 1.41. The molecule has 0 aliphatic heterocycles. The van der Waals surface area contributed by atoms with Gasteiger partial charge in [0.15, 0.2) is 0 Å². The molecular formula is C29H31FN6O2S. The number of aromatic nitrogens is 4. The number of rotatable bonds is 10. The van der Waals surface area contributed by atoms with Crippen molar-refractivity contribution in [1.82, 2.24) is 30.4 Å². The molecule has 2 aromatic carbocycles. The van der Waals surface area contributed by atoms with E-state index in [1.165, 1.54) is 28.3 Å². The first-order chi connectivity index (χ1) is 19.0. The maximum atomic E-state index is 13.9. The van der Waals surface area contributed by atoms with E-state index in [1.807, 2.05) is 48.7 Å². The van der Waals surface area contributed by atoms with Crippen molar-refractivity contribution in [3.8, 4) is 11.4 Å². The fourth-order valence-electron chi connectivity index (χ4n) is 4.99. The second-order valence-electron chi connectivity index (χ2n) is 9.82. The smallest absolute Gasteiger partial charge is 0.248 e. The first-order valence-electron chi connectivity index (χ1n) is 13.2. The van der Waals surface area contributed by atoms with Gasteiger partial charge in [-0.25, -0.2) is 4.39 Å². The Morgan fingerprint density at radius 3 is 2.59 bits per heavy atom. The summed E-state index contributed by atoms with van der Waals surface area (Å²) in [5.74, 6) is -0.517. The number of tetrazole rings is 1. The summed E-state index contributed by atoms with van der Waals surface area (Å²) in [5, 5.41) is 17.6. The largest absolute Gasteiger partial charge is 0.351 e. The number of carbonyl (C=O) groups is 2. The van der Waals surface area contributed by atoms with Crippen LogP contribution in [0.4, 0.5) is 4.39 Å². The minimum atomic E-state index is -0.762. The van der Waals surface area contributed by atoms with Crippen molar-refractivity contribution < 1.29 is 14.0 Å². The molecule has 0 saturated heterocycles. The fraction of sp³-hybridized carbons (Fsp3) is 0.345. The van der Waals surface area contributed by atoms with Crippen LogP contribution in [-0.2, 0) is 22.6 Å². The van der Waals surface area contributed by atoms with Crippen LogP contribution in [0.3, 0.4) is 0 Å². The van der Waals surface area contributed by atoms with E-state index in [0.29, 0.717) is 24.4 Å². The summed E-state index contributed by atoms with van der Waals surface area (Å²) in [6.07, 6.45) is 4.70. The van der Waals surface area contributed by atoms with Gasteiger partial charge in [0.2, 0.25) is 17.6 Å². The Morgan fingerprint density at radius 1 is 1.10 bits per heavy atom. The van der Waals surface area contributed by atoms with Crippen molar-refractivity contribution in [3.63, 3.8) is 0 Å². The molecule has 2 amide bonds. The summed E-state index contributed by atoms with van der Waals surface area (Å²) in [4.78, 5) is 31.2. The van der Waals surface area contributed by atoms with Crippen molar-refractivity contribution in [2.45, 2.75) is 57.7 Å². The van der Waals surface area contributed by atoms with Gasteiger partial charge in [0.05, 0.1) is 0 Å². The van der Waals surface area contributed by atoms with E-state index in [0.717, 1.165) is 41.7 Å². The lowest BCUT2D eigenvalue weighted by molar-refractivity contribution is -0.141. The predicted octanol–water partition coefficient (Wildman–Crippen LogP) is 4.72. The zero-order valence-electron chi connectivity index (χ0n) is 21.8. The molecule has 2 heterocycles. The van der Waals surface area contributed by atoms with Crippen LogP contribution in [0.15, 0.2) is 66.0 Å². The molecular weight excluding hydrogens is 515 g/mol. The summed E-state index contributed by atoms with van der Waals surface area (Å²) in [7, 11) is 0. The maximum Gasteiger partial charge on any atom is 0.248 e. The Hall–Kier alpha value is -3.92. The first-order valence-corrected chi connectivity index (χ1v) is 14.1. The molecule has 0 radical (unpaired) electrons. The van der Waals surface area contributed by atoms with Crippen LogP contribution in [0.25, 0.3) is 11.4 Å². The van der Waals surface area contributed by atoms with Crippen LogP contribution in [0.1, 0.15) is 47.7 Å². The number of nitrogens with one attached hydrogen (secondary N) is 1. The number of hydrogen-bond acceptors (Lipinski definition) is 6. The Morgan fingerprint density at radius 2 is 1.87 bits per heavy atom. The second kappa shape index (κ2) is 12.3. The first kappa shape index (κ1) is 26.7. The molecule has 39 heavy (non-hydrogen) atoms. The highest BCUT2D eigenvalue weighted by molar-refractivity contribution is 7.10. The molecule has 8 nitrogen and oxygen atoms in total. The van der Waals surface area contributed by atoms with Crippen LogP contribution in [-0.4, -0.2) is 49.5 Å². The van der Waals surface area contributed by atoms with Crippen LogP contribution >= 0.6 is 11.3 Å². The third-order valence-corrected chi connectivity index (χ3v) is 8.03. The number of carbonyl (C=O) groups excluding carboxylic acids is 2. The number of aryl methyl sites for hydroxylation is 1. The molecule has 1 fully saturated rings. The maximum absolute atomic E-state index is 13.9. The van der Waals surface area contributed by atoms with Gasteiger partial charge in [0.1, 0.15) is 18.4 Å². The van der Waals surface area contributed by atoms with Gasteiger partial charge in [-0.05, 0) is 78.2 Å². The van der Waals surface area contributed by atoms with E-state index in [4.69, 9.17) is 0 Å². The Labute approximate surface area is 230 Å². The van der Waals surface area contributed by atoms with Crippen molar-refractivity contribution in [2.24, 2.45) is 0 Å². The normalized spacial score (nSPS) is 14.3. The SMILES string of the molecule is Cc1ccccc1CCN(C(=O)Cn1nnc(-c2ccc(F)cc2)n1)[C@H](C(=O)NC1CCCC1)c1cccs1. The lowest BCUT2D eigenvalue weighted by atomic mass is 10.0. The molecule has 0 spiro atoms. The summed E-state index contributed by atoms with van der Waals surface area (Å²) >= 11 is 1.46. The summed E-state index contributed by atoms with van der Waals surface area (Å²) < 4.78 is 13.3. The van der Waals surface area contributed by atoms with Gasteiger partial charge in [-0.3, -0.25) is 9.59 Å². The fourth-order valence-corrected chi connectivity index (χ4v) is 5.82. The van der Waals surface area contributed by atoms with Crippen molar-refractivity contribution in [2.75, 3.05) is 6.54 Å². The third-order valence-electron chi connectivity index (χ3n) is 7.11. The molecule has 2 aromatic heterocycles. The van der Waals surface area contributed by atoms with Crippen molar-refractivity contribution in [3.05, 3.63) is 87.9 Å². The molecule has 10 heteroatoms. The molecule has 1 saturated carbocycles. The lowest BCUT2D eigenvalue weighted by Gasteiger charge is -2.31. The molecule has 1 N–H and O–H groups in total. The third kappa shape index (κ3) is 6.57. The molecule has 1 aliphatic rings. The number of amides is 2. The van der Waals surface area contributed by atoms with Crippen LogP contribution < -0.4 is 5.32 Å². The van der Waals surface area contributed by atoms with Crippen molar-refractivity contribution in [1.29, 1.82) is 0 Å². The van der Waals surface area contributed by atoms with E-state index >= 15 is 0 Å². The summed E-state index contributed by atoms with van der Waals surface area (Å²) in [6, 6.07) is 17.0. The van der Waals surface area contributed by atoms with Crippen LogP contribution in [0, 0.1) is 12.7 Å². The Kier molecular flexibility index (Phi) is 8.41. The summed E-state index contributed by atoms with van der Waals surface area (Å²) in [5.41, 5.74) is 2.85. The van der Waals surface area contributed by atoms with Crippen molar-refractivity contribution >= 4 is 23.2 Å². The highest BCUT2D eigenvalue weighted by Crippen LogP contribution is 2.28. The van der Waals surface area contributed by atoms with Gasteiger partial charge in [0, 0.05) is 23.0 Å². The highest BCUT2D eigenvalue weighted by Gasteiger charge is 2.34. The molecule has 0 unspecified atom stereocenters. The van der Waals surface area contributed by atoms with E-state index in [9.17, 15) is 14.0 Å². The molecule has 5 rings (SSSR count). The van der Waals surface area contributed by atoms with Gasteiger partial charge in [-0.1, -0.05) is 43.2 Å². The lowest BCUT2D eigenvalue weighted by Crippen LogP contribution is -2.47. The van der Waals surface area contributed by atoms with E-state index in [1.54, 1.807) is 17.0 Å². The molecule has 1 atom stereocenters. The predicted molar refractivity (Wildman–Crippen MR) is 147 cm³/mol. The summed E-state index contributed by atoms with van der Waals surface area (Å²) in [6.45, 7) is 2.21. The number of nitrogens with zero attached hydrogens (tertiary/aromatic N) is 5. The molecule has 0 bridgehead atoms. The van der Waals surface area contributed by atoms with Gasteiger partial charge < -0.3 is 10.2 Å². The van der Waals surface area contributed by atoms with Gasteiger partial charge >= 0.3 is 0 Å². The Bertz CT molecular complexity index is 1400.